The van der Waals surface area contributed by atoms with E-state index in [0.29, 0.717) is 25.5 Å². The highest BCUT2D eigenvalue weighted by atomic mass is 16.5. The number of hydrogen-bond acceptors (Lipinski definition) is 4. The Balaban J connectivity index is 1.38. The molecule has 1 heterocycles. The van der Waals surface area contributed by atoms with Crippen molar-refractivity contribution in [3.8, 4) is 5.75 Å². The maximum absolute atomic E-state index is 12.7. The Morgan fingerprint density at radius 2 is 1.90 bits per heavy atom. The number of nitrogens with zero attached hydrogens (tertiary/aromatic N) is 1. The second-order valence-electron chi connectivity index (χ2n) is 7.61. The topological polar surface area (TPSA) is 67.9 Å². The van der Waals surface area contributed by atoms with Crippen LogP contribution in [0.25, 0.3) is 0 Å². The molecule has 4 rings (SSSR count). The molecule has 2 aliphatic rings. The number of nitrogens with one attached hydrogen (secondary N) is 1. The molecule has 2 fully saturated rings. The molecular formula is C23H26N2O4. The third kappa shape index (κ3) is 4.77. The lowest BCUT2D eigenvalue weighted by Gasteiger charge is -2.27. The Morgan fingerprint density at radius 3 is 2.52 bits per heavy atom. The number of hydrogen-bond donors (Lipinski definition) is 1. The van der Waals surface area contributed by atoms with E-state index in [2.05, 4.69) is 17.4 Å². The van der Waals surface area contributed by atoms with Crippen LogP contribution in [0, 0.1) is 5.92 Å². The van der Waals surface area contributed by atoms with Crippen molar-refractivity contribution in [2.24, 2.45) is 5.92 Å². The quantitative estimate of drug-likeness (QED) is 0.779. The van der Waals surface area contributed by atoms with Gasteiger partial charge in [0.1, 0.15) is 12.4 Å². The number of rotatable bonds is 7. The van der Waals surface area contributed by atoms with E-state index >= 15 is 0 Å². The van der Waals surface area contributed by atoms with E-state index < -0.39 is 0 Å². The van der Waals surface area contributed by atoms with Gasteiger partial charge >= 0.3 is 0 Å². The first kappa shape index (κ1) is 19.5. The van der Waals surface area contributed by atoms with Crippen LogP contribution in [0.3, 0.4) is 0 Å². The van der Waals surface area contributed by atoms with Gasteiger partial charge in [0.25, 0.3) is 5.91 Å². The van der Waals surface area contributed by atoms with E-state index in [0.717, 1.165) is 17.1 Å². The molecule has 0 bridgehead atoms. The first-order valence-electron chi connectivity index (χ1n) is 10.1. The summed E-state index contributed by atoms with van der Waals surface area (Å²) in [7, 11) is 1.65. The number of morpholine rings is 1. The maximum atomic E-state index is 12.7. The molecule has 6 nitrogen and oxygen atoms in total. The molecule has 0 spiro atoms. The van der Waals surface area contributed by atoms with E-state index in [4.69, 9.17) is 9.47 Å². The minimum Gasteiger partial charge on any atom is -0.497 e. The molecule has 2 aromatic carbocycles. The van der Waals surface area contributed by atoms with Crippen LogP contribution in [-0.4, -0.2) is 38.7 Å². The second kappa shape index (κ2) is 8.66. The smallest absolute Gasteiger partial charge is 0.253 e. The molecule has 1 saturated heterocycles. The first-order chi connectivity index (χ1) is 14.1. The fraction of sp³-hybridized carbons (Fsp3) is 0.391. The Labute approximate surface area is 170 Å². The van der Waals surface area contributed by atoms with Crippen molar-refractivity contribution in [1.82, 2.24) is 0 Å². The van der Waals surface area contributed by atoms with Gasteiger partial charge in [0.05, 0.1) is 13.7 Å². The molecular weight excluding hydrogens is 368 g/mol. The Hall–Kier alpha value is -2.86. The van der Waals surface area contributed by atoms with Crippen LogP contribution >= 0.6 is 0 Å². The molecule has 6 heteroatoms. The molecule has 0 radical (unpaired) electrons. The van der Waals surface area contributed by atoms with Crippen LogP contribution in [0.5, 0.6) is 5.75 Å². The van der Waals surface area contributed by atoms with Crippen molar-refractivity contribution >= 4 is 23.2 Å². The maximum Gasteiger partial charge on any atom is 0.253 e. The van der Waals surface area contributed by atoms with Crippen molar-refractivity contribution in [3.05, 3.63) is 54.1 Å². The molecule has 1 saturated carbocycles. The summed E-state index contributed by atoms with van der Waals surface area (Å²) in [6.45, 7) is 1.21. The summed E-state index contributed by atoms with van der Waals surface area (Å²) in [6, 6.07) is 15.4. The van der Waals surface area contributed by atoms with Crippen LogP contribution in [0.2, 0.25) is 0 Å². The van der Waals surface area contributed by atoms with Gasteiger partial charge in [-0.15, -0.1) is 0 Å². The van der Waals surface area contributed by atoms with Gasteiger partial charge < -0.3 is 19.7 Å². The van der Waals surface area contributed by atoms with Gasteiger partial charge in [0, 0.05) is 24.3 Å². The van der Waals surface area contributed by atoms with E-state index in [1.165, 1.54) is 18.4 Å². The highest BCUT2D eigenvalue weighted by Gasteiger charge is 2.33. The van der Waals surface area contributed by atoms with Gasteiger partial charge in [0.15, 0.2) is 0 Å². The number of methoxy groups -OCH3 is 1. The SMILES string of the molecule is COc1ccc(C(CC(=O)Nc2ccc(N3CCOCC3=O)cc2)C2CC2)cc1. The van der Waals surface area contributed by atoms with Crippen LogP contribution in [0.4, 0.5) is 11.4 Å². The lowest BCUT2D eigenvalue weighted by Crippen LogP contribution is -2.41. The average Bonchev–Trinajstić information content (AvgIpc) is 3.58. The second-order valence-corrected chi connectivity index (χ2v) is 7.61. The van der Waals surface area contributed by atoms with Crippen LogP contribution in [0.1, 0.15) is 30.7 Å². The molecule has 152 valence electrons. The van der Waals surface area contributed by atoms with Crippen LogP contribution < -0.4 is 15.0 Å². The predicted octanol–water partition coefficient (Wildman–Crippen LogP) is 3.58. The van der Waals surface area contributed by atoms with Crippen molar-refractivity contribution < 1.29 is 19.1 Å². The lowest BCUT2D eigenvalue weighted by atomic mass is 9.90. The minimum atomic E-state index is -0.0418. The van der Waals surface area contributed by atoms with E-state index in [-0.39, 0.29) is 24.3 Å². The molecule has 1 unspecified atom stereocenters. The van der Waals surface area contributed by atoms with Gasteiger partial charge in [-0.05, 0) is 66.6 Å². The standard InChI is InChI=1S/C23H26N2O4/c1-28-20-10-4-17(5-11-20)21(16-2-3-16)14-22(26)24-18-6-8-19(9-7-18)25-12-13-29-15-23(25)27/h4-11,16,21H,2-3,12-15H2,1H3,(H,24,26). The van der Waals surface area contributed by atoms with E-state index in [1.54, 1.807) is 12.0 Å². The number of carbonyl (C=O) groups is 2. The third-order valence-electron chi connectivity index (χ3n) is 5.59. The van der Waals surface area contributed by atoms with E-state index in [1.807, 2.05) is 36.4 Å². The Kier molecular flexibility index (Phi) is 5.81. The molecule has 1 aliphatic heterocycles. The molecule has 1 atom stereocenters. The Morgan fingerprint density at radius 1 is 1.17 bits per heavy atom. The summed E-state index contributed by atoms with van der Waals surface area (Å²) < 4.78 is 10.4. The summed E-state index contributed by atoms with van der Waals surface area (Å²) >= 11 is 0. The number of anilines is 2. The number of ether oxygens (including phenoxy) is 2. The molecule has 2 aromatic rings. The predicted molar refractivity (Wildman–Crippen MR) is 111 cm³/mol. The van der Waals surface area contributed by atoms with Gasteiger partial charge in [-0.3, -0.25) is 9.59 Å². The highest BCUT2D eigenvalue weighted by Crippen LogP contribution is 2.44. The Bertz CT molecular complexity index is 859. The third-order valence-corrected chi connectivity index (χ3v) is 5.59. The number of amides is 2. The zero-order chi connectivity index (χ0) is 20.2. The first-order valence-corrected chi connectivity index (χ1v) is 10.1. The average molecular weight is 394 g/mol. The summed E-state index contributed by atoms with van der Waals surface area (Å²) in [5.41, 5.74) is 2.75. The normalized spacial score (nSPS) is 17.7. The van der Waals surface area contributed by atoms with Crippen LogP contribution in [0.15, 0.2) is 48.5 Å². The van der Waals surface area contributed by atoms with Crippen LogP contribution in [-0.2, 0) is 14.3 Å². The minimum absolute atomic E-state index is 0.00733. The largest absolute Gasteiger partial charge is 0.497 e. The zero-order valence-corrected chi connectivity index (χ0v) is 16.6. The monoisotopic (exact) mass is 394 g/mol. The summed E-state index contributed by atoms with van der Waals surface area (Å²) in [5.74, 6) is 1.59. The molecule has 29 heavy (non-hydrogen) atoms. The van der Waals surface area contributed by atoms with Gasteiger partial charge in [-0.1, -0.05) is 12.1 Å². The van der Waals surface area contributed by atoms with Crippen molar-refractivity contribution in [3.63, 3.8) is 0 Å². The number of carbonyl (C=O) groups excluding carboxylic acids is 2. The summed E-state index contributed by atoms with van der Waals surface area (Å²) in [6.07, 6.45) is 2.80. The molecule has 1 N–H and O–H groups in total. The van der Waals surface area contributed by atoms with Crippen molar-refractivity contribution in [2.75, 3.05) is 37.1 Å². The van der Waals surface area contributed by atoms with Gasteiger partial charge in [-0.25, -0.2) is 0 Å². The lowest BCUT2D eigenvalue weighted by molar-refractivity contribution is -0.125. The van der Waals surface area contributed by atoms with Crippen molar-refractivity contribution in [2.45, 2.75) is 25.2 Å². The summed E-state index contributed by atoms with van der Waals surface area (Å²) in [5, 5.41) is 3.00. The van der Waals surface area contributed by atoms with Gasteiger partial charge in [0.2, 0.25) is 5.91 Å². The molecule has 2 amide bonds. The highest BCUT2D eigenvalue weighted by molar-refractivity contribution is 5.95. The van der Waals surface area contributed by atoms with Gasteiger partial charge in [-0.2, -0.15) is 0 Å². The zero-order valence-electron chi connectivity index (χ0n) is 16.6. The van der Waals surface area contributed by atoms with E-state index in [9.17, 15) is 9.59 Å². The number of benzene rings is 2. The fourth-order valence-electron chi connectivity index (χ4n) is 3.83. The summed E-state index contributed by atoms with van der Waals surface area (Å²) in [4.78, 5) is 26.3. The van der Waals surface area contributed by atoms with Crippen molar-refractivity contribution in [1.29, 1.82) is 0 Å². The fourth-order valence-corrected chi connectivity index (χ4v) is 3.83. The molecule has 0 aromatic heterocycles. The molecule has 1 aliphatic carbocycles.